The SMILES string of the molecule is CC(C)Oc1ccc(/C=N\S(=O)(=O)c2cccs2)cc1Br. The minimum atomic E-state index is -3.62. The van der Waals surface area contributed by atoms with Crippen molar-refractivity contribution in [2.75, 3.05) is 0 Å². The van der Waals surface area contributed by atoms with Crippen LogP contribution in [0.1, 0.15) is 19.4 Å². The molecule has 0 amide bonds. The summed E-state index contributed by atoms with van der Waals surface area (Å²) in [4.78, 5) is 0. The molecule has 0 aliphatic heterocycles. The summed E-state index contributed by atoms with van der Waals surface area (Å²) < 4.78 is 34.2. The molecule has 0 radical (unpaired) electrons. The van der Waals surface area contributed by atoms with E-state index in [2.05, 4.69) is 20.3 Å². The standard InChI is InChI=1S/C14H14BrNO3S2/c1-10(2)19-13-6-5-11(8-12(13)15)9-16-21(17,18)14-4-3-7-20-14/h3-10H,1-2H3/b16-9-. The molecule has 112 valence electrons. The van der Waals surface area contributed by atoms with Crippen molar-refractivity contribution in [1.82, 2.24) is 0 Å². The van der Waals surface area contributed by atoms with Crippen LogP contribution in [0.5, 0.6) is 5.75 Å². The highest BCUT2D eigenvalue weighted by Gasteiger charge is 2.12. The first kappa shape index (κ1) is 16.2. The molecule has 4 nitrogen and oxygen atoms in total. The number of benzene rings is 1. The maximum absolute atomic E-state index is 11.9. The summed E-state index contributed by atoms with van der Waals surface area (Å²) in [6.45, 7) is 3.88. The highest BCUT2D eigenvalue weighted by atomic mass is 79.9. The molecule has 2 rings (SSSR count). The fraction of sp³-hybridized carbons (Fsp3) is 0.214. The van der Waals surface area contributed by atoms with Gasteiger partial charge in [0, 0.05) is 6.21 Å². The van der Waals surface area contributed by atoms with Crippen molar-refractivity contribution in [3.8, 4) is 5.75 Å². The Hall–Kier alpha value is -1.18. The number of sulfonamides is 1. The van der Waals surface area contributed by atoms with E-state index >= 15 is 0 Å². The smallest absolute Gasteiger partial charge is 0.291 e. The molecule has 0 unspecified atom stereocenters. The van der Waals surface area contributed by atoms with Crippen LogP contribution < -0.4 is 4.74 Å². The summed E-state index contributed by atoms with van der Waals surface area (Å²) in [6.07, 6.45) is 1.40. The first-order valence-corrected chi connectivity index (χ1v) is 9.30. The Bertz CT molecular complexity index is 738. The fourth-order valence-corrected chi connectivity index (χ4v) is 3.87. The molecule has 1 aromatic carbocycles. The zero-order valence-corrected chi connectivity index (χ0v) is 14.7. The van der Waals surface area contributed by atoms with E-state index in [0.717, 1.165) is 15.8 Å². The van der Waals surface area contributed by atoms with E-state index in [0.29, 0.717) is 11.3 Å². The number of hydrogen-bond donors (Lipinski definition) is 0. The quantitative estimate of drug-likeness (QED) is 0.725. The second-order valence-electron chi connectivity index (χ2n) is 4.50. The van der Waals surface area contributed by atoms with Gasteiger partial charge >= 0.3 is 0 Å². The van der Waals surface area contributed by atoms with E-state index in [1.54, 1.807) is 29.6 Å². The van der Waals surface area contributed by atoms with Gasteiger partial charge in [-0.1, -0.05) is 6.07 Å². The Morgan fingerprint density at radius 1 is 1.33 bits per heavy atom. The van der Waals surface area contributed by atoms with Crippen LogP contribution in [0, 0.1) is 0 Å². The van der Waals surface area contributed by atoms with Gasteiger partial charge in [-0.3, -0.25) is 0 Å². The predicted molar refractivity (Wildman–Crippen MR) is 89.0 cm³/mol. The summed E-state index contributed by atoms with van der Waals surface area (Å²) in [6, 6.07) is 8.53. The zero-order valence-electron chi connectivity index (χ0n) is 11.5. The molecule has 7 heteroatoms. The van der Waals surface area contributed by atoms with Gasteiger partial charge in [0.05, 0.1) is 10.6 Å². The van der Waals surface area contributed by atoms with Crippen molar-refractivity contribution in [1.29, 1.82) is 0 Å². The lowest BCUT2D eigenvalue weighted by Gasteiger charge is -2.11. The zero-order chi connectivity index (χ0) is 15.5. The summed E-state index contributed by atoms with van der Waals surface area (Å²) in [7, 11) is -3.62. The maximum atomic E-state index is 11.9. The third kappa shape index (κ3) is 4.39. The number of rotatable bonds is 5. The Kier molecular flexibility index (Phi) is 5.18. The molecule has 0 saturated carbocycles. The van der Waals surface area contributed by atoms with E-state index in [9.17, 15) is 8.42 Å². The molecular formula is C14H14BrNO3S2. The molecule has 1 aromatic heterocycles. The Balaban J connectivity index is 2.21. The van der Waals surface area contributed by atoms with E-state index in [1.807, 2.05) is 13.8 Å². The summed E-state index contributed by atoms with van der Waals surface area (Å²) in [5, 5.41) is 1.71. The lowest BCUT2D eigenvalue weighted by molar-refractivity contribution is 0.241. The van der Waals surface area contributed by atoms with Crippen LogP contribution in [0.25, 0.3) is 0 Å². The summed E-state index contributed by atoms with van der Waals surface area (Å²) >= 11 is 4.55. The lowest BCUT2D eigenvalue weighted by Crippen LogP contribution is -2.06. The lowest BCUT2D eigenvalue weighted by atomic mass is 10.2. The molecular weight excluding hydrogens is 374 g/mol. The Labute approximate surface area is 136 Å². The van der Waals surface area contributed by atoms with Gasteiger partial charge in [0.15, 0.2) is 0 Å². The molecule has 21 heavy (non-hydrogen) atoms. The third-order valence-corrected chi connectivity index (χ3v) is 5.64. The monoisotopic (exact) mass is 387 g/mol. The Morgan fingerprint density at radius 2 is 2.10 bits per heavy atom. The molecule has 0 bridgehead atoms. The topological polar surface area (TPSA) is 55.7 Å². The van der Waals surface area contributed by atoms with Crippen LogP contribution in [0.3, 0.4) is 0 Å². The van der Waals surface area contributed by atoms with E-state index in [-0.39, 0.29) is 10.3 Å². The number of halogens is 1. The van der Waals surface area contributed by atoms with Crippen LogP contribution in [0.4, 0.5) is 0 Å². The van der Waals surface area contributed by atoms with Crippen LogP contribution in [0.15, 0.2) is 48.8 Å². The van der Waals surface area contributed by atoms with Crippen LogP contribution in [0.2, 0.25) is 0 Å². The maximum Gasteiger partial charge on any atom is 0.291 e. The van der Waals surface area contributed by atoms with Gasteiger partial charge < -0.3 is 4.74 Å². The van der Waals surface area contributed by atoms with Crippen LogP contribution >= 0.6 is 27.3 Å². The van der Waals surface area contributed by atoms with Crippen LogP contribution in [-0.2, 0) is 10.0 Å². The molecule has 2 aromatic rings. The van der Waals surface area contributed by atoms with Crippen molar-refractivity contribution in [2.24, 2.45) is 4.40 Å². The predicted octanol–water partition coefficient (Wildman–Crippen LogP) is 4.11. The van der Waals surface area contributed by atoms with E-state index in [4.69, 9.17) is 4.74 Å². The van der Waals surface area contributed by atoms with Gasteiger partial charge in [-0.05, 0) is 65.0 Å². The first-order chi connectivity index (χ1) is 9.88. The van der Waals surface area contributed by atoms with Crippen molar-refractivity contribution >= 4 is 43.5 Å². The molecule has 0 atom stereocenters. The fourth-order valence-electron chi connectivity index (χ4n) is 1.54. The number of nitrogens with zero attached hydrogens (tertiary/aromatic N) is 1. The number of thiophene rings is 1. The van der Waals surface area contributed by atoms with Gasteiger partial charge in [-0.15, -0.1) is 11.3 Å². The third-order valence-electron chi connectivity index (χ3n) is 2.41. The summed E-state index contributed by atoms with van der Waals surface area (Å²) in [5.74, 6) is 0.711. The highest BCUT2D eigenvalue weighted by Crippen LogP contribution is 2.26. The molecule has 0 aliphatic rings. The number of ether oxygens (including phenoxy) is 1. The van der Waals surface area contributed by atoms with Crippen molar-refractivity contribution < 1.29 is 13.2 Å². The van der Waals surface area contributed by atoms with Gasteiger partial charge in [0.1, 0.15) is 9.96 Å². The van der Waals surface area contributed by atoms with Gasteiger partial charge in [0.25, 0.3) is 10.0 Å². The van der Waals surface area contributed by atoms with Crippen molar-refractivity contribution in [3.05, 3.63) is 45.7 Å². The van der Waals surface area contributed by atoms with Crippen LogP contribution in [-0.4, -0.2) is 20.7 Å². The Morgan fingerprint density at radius 3 is 2.67 bits per heavy atom. The summed E-state index contributed by atoms with van der Waals surface area (Å²) in [5.41, 5.74) is 0.679. The van der Waals surface area contributed by atoms with Crippen molar-refractivity contribution in [3.63, 3.8) is 0 Å². The van der Waals surface area contributed by atoms with Crippen molar-refractivity contribution in [2.45, 2.75) is 24.2 Å². The van der Waals surface area contributed by atoms with Gasteiger partial charge in [0.2, 0.25) is 0 Å². The number of hydrogen-bond acceptors (Lipinski definition) is 4. The molecule has 0 spiro atoms. The van der Waals surface area contributed by atoms with Gasteiger partial charge in [-0.2, -0.15) is 12.8 Å². The molecule has 0 saturated heterocycles. The minimum absolute atomic E-state index is 0.0695. The second kappa shape index (κ2) is 6.72. The largest absolute Gasteiger partial charge is 0.490 e. The second-order valence-corrected chi connectivity index (χ2v) is 8.16. The molecule has 0 fully saturated rings. The average Bonchev–Trinajstić information content (AvgIpc) is 2.93. The molecule has 1 heterocycles. The normalized spacial score (nSPS) is 12.2. The van der Waals surface area contributed by atoms with E-state index < -0.39 is 10.0 Å². The average molecular weight is 388 g/mol. The molecule has 0 N–H and O–H groups in total. The minimum Gasteiger partial charge on any atom is -0.490 e. The first-order valence-electron chi connectivity index (χ1n) is 6.18. The van der Waals surface area contributed by atoms with Gasteiger partial charge in [-0.25, -0.2) is 0 Å². The molecule has 0 aliphatic carbocycles. The van der Waals surface area contributed by atoms with E-state index in [1.165, 1.54) is 12.3 Å². The highest BCUT2D eigenvalue weighted by molar-refractivity contribution is 9.10.